The first-order valence-electron chi connectivity index (χ1n) is 8.33. The van der Waals surface area contributed by atoms with Gasteiger partial charge >= 0.3 is 0 Å². The Bertz CT molecular complexity index is 911. The van der Waals surface area contributed by atoms with Crippen molar-refractivity contribution in [3.8, 4) is 22.2 Å². The number of fused-ring (bicyclic) bond motifs is 1. The molecule has 0 saturated heterocycles. The molecule has 0 unspecified atom stereocenters. The molecule has 1 aromatic carbocycles. The number of benzene rings is 1. The zero-order valence-corrected chi connectivity index (χ0v) is 16.8. The molecule has 0 aliphatic rings. The molecule has 26 heavy (non-hydrogen) atoms. The fraction of sp³-hybridized carbons (Fsp3) is 0.368. The normalized spacial score (nSPS) is 11.3. The van der Waals surface area contributed by atoms with E-state index in [9.17, 15) is 0 Å². The van der Waals surface area contributed by atoms with Crippen LogP contribution in [0.2, 0.25) is 5.02 Å². The van der Waals surface area contributed by atoms with E-state index in [1.54, 1.807) is 18.4 Å². The number of methoxy groups -OCH3 is 1. The van der Waals surface area contributed by atoms with Crippen molar-refractivity contribution in [1.29, 1.82) is 0 Å². The summed E-state index contributed by atoms with van der Waals surface area (Å²) in [5.41, 5.74) is 2.34. The second-order valence-electron chi connectivity index (χ2n) is 6.08. The van der Waals surface area contributed by atoms with Crippen LogP contribution in [-0.2, 0) is 4.74 Å². The third kappa shape index (κ3) is 4.09. The Morgan fingerprint density at radius 3 is 2.62 bits per heavy atom. The molecule has 3 rings (SSSR count). The highest BCUT2D eigenvalue weighted by Crippen LogP contribution is 2.39. The maximum absolute atomic E-state index is 6.59. The Kier molecular flexibility index (Phi) is 5.96. The number of rotatable bonds is 7. The van der Waals surface area contributed by atoms with Crippen molar-refractivity contribution in [2.24, 2.45) is 0 Å². The molecule has 2 heterocycles. The Balaban J connectivity index is 2.12. The molecule has 0 spiro atoms. The van der Waals surface area contributed by atoms with E-state index in [-0.39, 0.29) is 6.10 Å². The van der Waals surface area contributed by atoms with Gasteiger partial charge in [-0.25, -0.2) is 9.97 Å². The highest BCUT2D eigenvalue weighted by Gasteiger charge is 2.17. The highest BCUT2D eigenvalue weighted by molar-refractivity contribution is 7.13. The van der Waals surface area contributed by atoms with E-state index >= 15 is 0 Å². The van der Waals surface area contributed by atoms with Crippen LogP contribution in [0.5, 0.6) is 11.5 Å². The Morgan fingerprint density at radius 2 is 1.96 bits per heavy atom. The Morgan fingerprint density at radius 1 is 1.15 bits per heavy atom. The van der Waals surface area contributed by atoms with Crippen LogP contribution >= 0.6 is 22.9 Å². The Hall–Kier alpha value is -1.89. The van der Waals surface area contributed by atoms with Crippen LogP contribution in [0.3, 0.4) is 0 Å². The maximum Gasteiger partial charge on any atom is 0.142 e. The predicted molar refractivity (Wildman–Crippen MR) is 106 cm³/mol. The molecule has 3 aromatic rings. The zero-order valence-electron chi connectivity index (χ0n) is 15.2. The first kappa shape index (κ1) is 18.9. The van der Waals surface area contributed by atoms with Crippen molar-refractivity contribution in [3.05, 3.63) is 34.3 Å². The SMILES string of the molecule is COCCOc1ccc2c(OC(C)C)cc(-c3nc(C)cs3)nc2c1Cl. The summed E-state index contributed by atoms with van der Waals surface area (Å²) in [5, 5.41) is 4.14. The number of ether oxygens (including phenoxy) is 3. The molecule has 138 valence electrons. The van der Waals surface area contributed by atoms with E-state index in [0.29, 0.717) is 29.5 Å². The second-order valence-corrected chi connectivity index (χ2v) is 7.32. The van der Waals surface area contributed by atoms with E-state index in [1.807, 2.05) is 44.4 Å². The second kappa shape index (κ2) is 8.20. The molecule has 0 atom stereocenters. The third-order valence-corrected chi connectivity index (χ3v) is 4.94. The predicted octanol–water partition coefficient (Wildman–Crippen LogP) is 5.13. The molecule has 0 radical (unpaired) electrons. The van der Waals surface area contributed by atoms with Crippen molar-refractivity contribution in [2.75, 3.05) is 20.3 Å². The zero-order chi connectivity index (χ0) is 18.7. The number of halogens is 1. The van der Waals surface area contributed by atoms with Gasteiger partial charge in [-0.3, -0.25) is 0 Å². The number of hydrogen-bond donors (Lipinski definition) is 0. The van der Waals surface area contributed by atoms with Gasteiger partial charge < -0.3 is 14.2 Å². The van der Waals surface area contributed by atoms with Crippen molar-refractivity contribution in [3.63, 3.8) is 0 Å². The van der Waals surface area contributed by atoms with E-state index in [4.69, 9.17) is 30.8 Å². The van der Waals surface area contributed by atoms with E-state index in [2.05, 4.69) is 4.98 Å². The summed E-state index contributed by atoms with van der Waals surface area (Å²) in [4.78, 5) is 9.27. The van der Waals surface area contributed by atoms with Gasteiger partial charge in [0.25, 0.3) is 0 Å². The van der Waals surface area contributed by atoms with Gasteiger partial charge in [-0.1, -0.05) is 11.6 Å². The molecule has 2 aromatic heterocycles. The molecular formula is C19H21ClN2O3S. The Labute approximate surface area is 161 Å². The average Bonchev–Trinajstić information content (AvgIpc) is 3.03. The van der Waals surface area contributed by atoms with Gasteiger partial charge in [-0.15, -0.1) is 11.3 Å². The minimum Gasteiger partial charge on any atom is -0.490 e. The van der Waals surface area contributed by atoms with E-state index in [1.165, 1.54) is 0 Å². The molecule has 0 aliphatic heterocycles. The summed E-state index contributed by atoms with van der Waals surface area (Å²) in [6, 6.07) is 5.68. The number of nitrogens with zero attached hydrogens (tertiary/aromatic N) is 2. The topological polar surface area (TPSA) is 53.5 Å². The van der Waals surface area contributed by atoms with Gasteiger partial charge in [-0.05, 0) is 32.9 Å². The third-order valence-electron chi connectivity index (χ3n) is 3.59. The molecule has 0 fully saturated rings. The van der Waals surface area contributed by atoms with E-state index in [0.717, 1.165) is 27.5 Å². The smallest absolute Gasteiger partial charge is 0.142 e. The highest BCUT2D eigenvalue weighted by atomic mass is 35.5. The van der Waals surface area contributed by atoms with Gasteiger partial charge in [0.1, 0.15) is 33.8 Å². The molecule has 0 saturated carbocycles. The van der Waals surface area contributed by atoms with Gasteiger partial charge in [0.15, 0.2) is 0 Å². The fourth-order valence-electron chi connectivity index (χ4n) is 2.49. The summed E-state index contributed by atoms with van der Waals surface area (Å²) < 4.78 is 16.7. The maximum atomic E-state index is 6.59. The van der Waals surface area contributed by atoms with Crippen LogP contribution in [0.1, 0.15) is 19.5 Å². The van der Waals surface area contributed by atoms with Crippen molar-refractivity contribution < 1.29 is 14.2 Å². The van der Waals surface area contributed by atoms with E-state index < -0.39 is 0 Å². The van der Waals surface area contributed by atoms with Crippen LogP contribution in [0.4, 0.5) is 0 Å². The summed E-state index contributed by atoms with van der Waals surface area (Å²) in [6.07, 6.45) is 0.0305. The quantitative estimate of drug-likeness (QED) is 0.521. The fourth-order valence-corrected chi connectivity index (χ4v) is 3.51. The standard InChI is InChI=1S/C19H21ClN2O3S/c1-11(2)25-16-9-14(19-21-12(3)10-26-19)22-18-13(16)5-6-15(17(18)20)24-8-7-23-4/h5-6,9-11H,7-8H2,1-4H3. The minimum atomic E-state index is 0.0305. The average molecular weight is 393 g/mol. The molecule has 0 N–H and O–H groups in total. The van der Waals surface area contributed by atoms with Crippen LogP contribution in [0.15, 0.2) is 23.6 Å². The van der Waals surface area contributed by atoms with Gasteiger partial charge in [0, 0.05) is 29.6 Å². The van der Waals surface area contributed by atoms with Gasteiger partial charge in [-0.2, -0.15) is 0 Å². The number of aromatic nitrogens is 2. The van der Waals surface area contributed by atoms with Crippen LogP contribution in [0.25, 0.3) is 21.6 Å². The summed E-state index contributed by atoms with van der Waals surface area (Å²) in [6.45, 7) is 6.85. The van der Waals surface area contributed by atoms with Crippen LogP contribution < -0.4 is 9.47 Å². The number of thiazole rings is 1. The number of aryl methyl sites for hydroxylation is 1. The van der Waals surface area contributed by atoms with Crippen molar-refractivity contribution in [2.45, 2.75) is 26.9 Å². The first-order chi connectivity index (χ1) is 12.5. The molecular weight excluding hydrogens is 372 g/mol. The van der Waals surface area contributed by atoms with Crippen molar-refractivity contribution in [1.82, 2.24) is 9.97 Å². The molecule has 5 nitrogen and oxygen atoms in total. The lowest BCUT2D eigenvalue weighted by molar-refractivity contribution is 0.146. The van der Waals surface area contributed by atoms with Gasteiger partial charge in [0.2, 0.25) is 0 Å². The van der Waals surface area contributed by atoms with Crippen LogP contribution in [0, 0.1) is 6.92 Å². The lowest BCUT2D eigenvalue weighted by atomic mass is 10.1. The monoisotopic (exact) mass is 392 g/mol. The molecule has 0 aliphatic carbocycles. The molecule has 7 heteroatoms. The number of hydrogen-bond acceptors (Lipinski definition) is 6. The summed E-state index contributed by atoms with van der Waals surface area (Å²) in [7, 11) is 1.63. The minimum absolute atomic E-state index is 0.0305. The molecule has 0 bridgehead atoms. The van der Waals surface area contributed by atoms with Gasteiger partial charge in [0.05, 0.1) is 18.2 Å². The molecule has 0 amide bonds. The largest absolute Gasteiger partial charge is 0.490 e. The lowest BCUT2D eigenvalue weighted by Gasteiger charge is -2.15. The first-order valence-corrected chi connectivity index (χ1v) is 9.59. The summed E-state index contributed by atoms with van der Waals surface area (Å²) in [5.74, 6) is 1.31. The van der Waals surface area contributed by atoms with Crippen LogP contribution in [-0.4, -0.2) is 36.4 Å². The lowest BCUT2D eigenvalue weighted by Crippen LogP contribution is -2.07. The summed E-state index contributed by atoms with van der Waals surface area (Å²) >= 11 is 8.14. The number of pyridine rings is 1. The van der Waals surface area contributed by atoms with Crippen molar-refractivity contribution >= 4 is 33.8 Å².